The van der Waals surface area contributed by atoms with Crippen LogP contribution in [0.5, 0.6) is 0 Å². The van der Waals surface area contributed by atoms with Gasteiger partial charge in [0.15, 0.2) is 0 Å². The first-order valence-corrected chi connectivity index (χ1v) is 8.67. The average molecular weight is 343 g/mol. The molecule has 0 saturated carbocycles. The van der Waals surface area contributed by atoms with Gasteiger partial charge in [-0.1, -0.05) is 56.3 Å². The highest BCUT2D eigenvalue weighted by Crippen LogP contribution is 2.08. The monoisotopic (exact) mass is 343 g/mol. The maximum absolute atomic E-state index is 13.5. The Morgan fingerprint density at radius 2 is 1.52 bits per heavy atom. The van der Waals surface area contributed by atoms with Crippen LogP contribution in [-0.2, 0) is 19.6 Å². The van der Waals surface area contributed by atoms with Crippen LogP contribution in [0.2, 0.25) is 0 Å². The van der Waals surface area contributed by atoms with Gasteiger partial charge < -0.3 is 10.6 Å². The summed E-state index contributed by atoms with van der Waals surface area (Å²) in [6, 6.07) is 14.3. The molecule has 0 heterocycles. The Labute approximate surface area is 149 Å². The van der Waals surface area contributed by atoms with Gasteiger partial charge in [0.2, 0.25) is 0 Å². The first-order chi connectivity index (χ1) is 12.1. The Morgan fingerprint density at radius 3 is 2.16 bits per heavy atom. The van der Waals surface area contributed by atoms with Crippen molar-refractivity contribution in [1.29, 1.82) is 0 Å². The molecule has 0 aliphatic carbocycles. The number of benzene rings is 2. The molecule has 2 N–H and O–H groups in total. The van der Waals surface area contributed by atoms with E-state index in [0.29, 0.717) is 12.1 Å². The standard InChI is InChI=1S/C20H26FN3O/c1-3-24(4-2)15-17-11-9-16(10-12-17)13-22-20(25)23-14-18-7-5-6-8-19(18)21/h5-12H,3-4,13-15H2,1-2H3,(H2,22,23,25). The molecular formula is C20H26FN3O. The molecule has 0 aromatic heterocycles. The second-order valence-corrected chi connectivity index (χ2v) is 5.91. The van der Waals surface area contributed by atoms with Crippen molar-refractivity contribution < 1.29 is 9.18 Å². The highest BCUT2D eigenvalue weighted by atomic mass is 19.1. The molecule has 0 fully saturated rings. The number of hydrogen-bond acceptors (Lipinski definition) is 2. The van der Waals surface area contributed by atoms with Crippen LogP contribution in [0.4, 0.5) is 9.18 Å². The summed E-state index contributed by atoms with van der Waals surface area (Å²) in [6.45, 7) is 7.91. The summed E-state index contributed by atoms with van der Waals surface area (Å²) in [5, 5.41) is 5.45. The van der Waals surface area contributed by atoms with Gasteiger partial charge in [0.1, 0.15) is 5.82 Å². The molecule has 0 bridgehead atoms. The minimum absolute atomic E-state index is 0.168. The molecule has 0 aliphatic rings. The zero-order valence-electron chi connectivity index (χ0n) is 14.9. The molecule has 134 valence electrons. The summed E-state index contributed by atoms with van der Waals surface area (Å²) in [4.78, 5) is 14.2. The van der Waals surface area contributed by atoms with Crippen molar-refractivity contribution in [2.45, 2.75) is 33.5 Å². The molecule has 5 heteroatoms. The largest absolute Gasteiger partial charge is 0.334 e. The van der Waals surface area contributed by atoms with Gasteiger partial charge in [0.25, 0.3) is 0 Å². The molecule has 2 aromatic rings. The lowest BCUT2D eigenvalue weighted by Crippen LogP contribution is -2.34. The van der Waals surface area contributed by atoms with Crippen LogP contribution >= 0.6 is 0 Å². The third-order valence-corrected chi connectivity index (χ3v) is 4.17. The van der Waals surface area contributed by atoms with E-state index in [0.717, 1.165) is 25.2 Å². The second-order valence-electron chi connectivity index (χ2n) is 5.91. The van der Waals surface area contributed by atoms with Crippen molar-refractivity contribution in [3.63, 3.8) is 0 Å². The highest BCUT2D eigenvalue weighted by Gasteiger charge is 2.05. The Morgan fingerprint density at radius 1 is 0.920 bits per heavy atom. The fourth-order valence-electron chi connectivity index (χ4n) is 2.53. The van der Waals surface area contributed by atoms with Gasteiger partial charge in [-0.05, 0) is 30.3 Å². The Bertz CT molecular complexity index is 669. The van der Waals surface area contributed by atoms with Gasteiger partial charge in [-0.3, -0.25) is 4.90 Å². The van der Waals surface area contributed by atoms with E-state index in [-0.39, 0.29) is 18.4 Å². The third kappa shape index (κ3) is 6.19. The topological polar surface area (TPSA) is 44.4 Å². The minimum atomic E-state index is -0.313. The second kappa shape index (κ2) is 9.79. The summed E-state index contributed by atoms with van der Waals surface area (Å²) in [5.41, 5.74) is 2.76. The molecule has 0 atom stereocenters. The van der Waals surface area contributed by atoms with E-state index in [2.05, 4.69) is 41.5 Å². The molecule has 0 spiro atoms. The summed E-state index contributed by atoms with van der Waals surface area (Å²) < 4.78 is 13.5. The van der Waals surface area contributed by atoms with Gasteiger partial charge >= 0.3 is 6.03 Å². The fraction of sp³-hybridized carbons (Fsp3) is 0.350. The number of halogens is 1. The normalized spacial score (nSPS) is 10.7. The van der Waals surface area contributed by atoms with E-state index in [9.17, 15) is 9.18 Å². The number of carbonyl (C=O) groups is 1. The SMILES string of the molecule is CCN(CC)Cc1ccc(CNC(=O)NCc2ccccc2F)cc1. The molecule has 2 aromatic carbocycles. The Balaban J connectivity index is 1.77. The maximum atomic E-state index is 13.5. The van der Waals surface area contributed by atoms with E-state index in [1.54, 1.807) is 18.2 Å². The zero-order valence-corrected chi connectivity index (χ0v) is 14.9. The number of rotatable bonds is 8. The maximum Gasteiger partial charge on any atom is 0.315 e. The molecule has 0 radical (unpaired) electrons. The van der Waals surface area contributed by atoms with Gasteiger partial charge in [-0.25, -0.2) is 9.18 Å². The number of urea groups is 1. The van der Waals surface area contributed by atoms with E-state index in [4.69, 9.17) is 0 Å². The van der Waals surface area contributed by atoms with Crippen molar-refractivity contribution in [2.24, 2.45) is 0 Å². The molecule has 0 unspecified atom stereocenters. The van der Waals surface area contributed by atoms with E-state index in [1.807, 2.05) is 12.1 Å². The van der Waals surface area contributed by atoms with Crippen LogP contribution in [-0.4, -0.2) is 24.0 Å². The smallest absolute Gasteiger partial charge is 0.315 e. The van der Waals surface area contributed by atoms with Gasteiger partial charge in [-0.2, -0.15) is 0 Å². The molecule has 2 amide bonds. The van der Waals surface area contributed by atoms with Crippen LogP contribution in [0.15, 0.2) is 48.5 Å². The Kier molecular flexibility index (Phi) is 7.41. The van der Waals surface area contributed by atoms with E-state index < -0.39 is 0 Å². The van der Waals surface area contributed by atoms with Gasteiger partial charge in [0, 0.05) is 25.2 Å². The lowest BCUT2D eigenvalue weighted by atomic mass is 10.1. The Hall–Kier alpha value is -2.40. The molecule has 0 aliphatic heterocycles. The van der Waals surface area contributed by atoms with E-state index >= 15 is 0 Å². The number of hydrogen-bond donors (Lipinski definition) is 2. The predicted molar refractivity (Wildman–Crippen MR) is 98.5 cm³/mol. The number of nitrogens with zero attached hydrogens (tertiary/aromatic N) is 1. The van der Waals surface area contributed by atoms with Crippen LogP contribution in [0.1, 0.15) is 30.5 Å². The molecule has 2 rings (SSSR count). The summed E-state index contributed by atoms with van der Waals surface area (Å²) >= 11 is 0. The van der Waals surface area contributed by atoms with Gasteiger partial charge in [-0.15, -0.1) is 0 Å². The summed E-state index contributed by atoms with van der Waals surface area (Å²) in [5.74, 6) is -0.313. The lowest BCUT2D eigenvalue weighted by Gasteiger charge is -2.18. The molecule has 0 saturated heterocycles. The number of carbonyl (C=O) groups excluding carboxylic acids is 1. The highest BCUT2D eigenvalue weighted by molar-refractivity contribution is 5.73. The van der Waals surface area contributed by atoms with Crippen LogP contribution in [0, 0.1) is 5.82 Å². The first kappa shape index (κ1) is 18.9. The fourth-order valence-corrected chi connectivity index (χ4v) is 2.53. The van der Waals surface area contributed by atoms with Crippen molar-refractivity contribution in [3.05, 3.63) is 71.0 Å². The molecule has 25 heavy (non-hydrogen) atoms. The molecular weight excluding hydrogens is 317 g/mol. The average Bonchev–Trinajstić information content (AvgIpc) is 2.64. The van der Waals surface area contributed by atoms with Crippen molar-refractivity contribution >= 4 is 6.03 Å². The number of nitrogens with one attached hydrogen (secondary N) is 2. The minimum Gasteiger partial charge on any atom is -0.334 e. The summed E-state index contributed by atoms with van der Waals surface area (Å²) in [6.07, 6.45) is 0. The van der Waals surface area contributed by atoms with Crippen LogP contribution < -0.4 is 10.6 Å². The third-order valence-electron chi connectivity index (χ3n) is 4.17. The van der Waals surface area contributed by atoms with Crippen molar-refractivity contribution in [1.82, 2.24) is 15.5 Å². The van der Waals surface area contributed by atoms with Crippen LogP contribution in [0.3, 0.4) is 0 Å². The van der Waals surface area contributed by atoms with Gasteiger partial charge in [0.05, 0.1) is 0 Å². The summed E-state index contributed by atoms with van der Waals surface area (Å²) in [7, 11) is 0. The van der Waals surface area contributed by atoms with Crippen molar-refractivity contribution in [2.75, 3.05) is 13.1 Å². The quantitative estimate of drug-likeness (QED) is 0.768. The zero-order chi connectivity index (χ0) is 18.1. The predicted octanol–water partition coefficient (Wildman–Crippen LogP) is 3.67. The first-order valence-electron chi connectivity index (χ1n) is 8.67. The van der Waals surface area contributed by atoms with Crippen molar-refractivity contribution in [3.8, 4) is 0 Å². The number of amides is 2. The van der Waals surface area contributed by atoms with E-state index in [1.165, 1.54) is 11.6 Å². The molecule has 4 nitrogen and oxygen atoms in total. The lowest BCUT2D eigenvalue weighted by molar-refractivity contribution is 0.240. The van der Waals surface area contributed by atoms with Crippen LogP contribution in [0.25, 0.3) is 0 Å².